The second-order valence-corrected chi connectivity index (χ2v) is 5.35. The van der Waals surface area contributed by atoms with Crippen molar-refractivity contribution in [1.82, 2.24) is 10.2 Å². The van der Waals surface area contributed by atoms with Gasteiger partial charge in [-0.3, -0.25) is 4.79 Å². The molecular weight excluding hydrogens is 295 g/mol. The number of carbonyl (C=O) groups is 1. The second-order valence-electron chi connectivity index (χ2n) is 5.35. The van der Waals surface area contributed by atoms with Crippen molar-refractivity contribution in [1.29, 1.82) is 0 Å². The standard InChI is InChI=1S/C14H21FN2O5/c1-8-5-17(9(2)16-14(8)20)13-3-11(12(6-18)22-13)21-7-10(19)4-15/h5,10-13,18-19H,2-4,6-7H2,1H3,(H,16,20)/t10?,11?,12-,13-/m1/s1. The quantitative estimate of drug-likeness (QED) is 0.619. The van der Waals surface area contributed by atoms with Crippen LogP contribution >= 0.6 is 0 Å². The topological polar surface area (TPSA) is 91.3 Å². The maximum Gasteiger partial charge on any atom is 0.253 e. The molecule has 2 aliphatic rings. The Hall–Kier alpha value is -1.48. The molecule has 3 N–H and O–H groups in total. The van der Waals surface area contributed by atoms with Crippen LogP contribution in [0.25, 0.3) is 0 Å². The summed E-state index contributed by atoms with van der Waals surface area (Å²) in [4.78, 5) is 13.2. The van der Waals surface area contributed by atoms with Crippen molar-refractivity contribution in [2.75, 3.05) is 19.9 Å². The van der Waals surface area contributed by atoms with Gasteiger partial charge in [-0.25, -0.2) is 4.39 Å². The molecule has 4 atom stereocenters. The van der Waals surface area contributed by atoms with E-state index in [1.54, 1.807) is 18.0 Å². The molecule has 22 heavy (non-hydrogen) atoms. The zero-order valence-corrected chi connectivity index (χ0v) is 12.4. The molecule has 0 radical (unpaired) electrons. The van der Waals surface area contributed by atoms with Crippen molar-refractivity contribution < 1.29 is 28.9 Å². The fraction of sp³-hybridized carbons (Fsp3) is 0.643. The predicted octanol–water partition coefficient (Wildman–Crippen LogP) is -0.384. The minimum Gasteiger partial charge on any atom is -0.394 e. The fourth-order valence-electron chi connectivity index (χ4n) is 2.39. The fourth-order valence-corrected chi connectivity index (χ4v) is 2.39. The number of ether oxygens (including phenoxy) is 2. The Labute approximate surface area is 128 Å². The summed E-state index contributed by atoms with van der Waals surface area (Å²) in [5, 5.41) is 21.2. The number of aliphatic hydroxyl groups is 2. The van der Waals surface area contributed by atoms with E-state index in [0.29, 0.717) is 17.8 Å². The highest BCUT2D eigenvalue weighted by Gasteiger charge is 2.40. The monoisotopic (exact) mass is 316 g/mol. The highest BCUT2D eigenvalue weighted by atomic mass is 19.1. The lowest BCUT2D eigenvalue weighted by Crippen LogP contribution is -2.42. The van der Waals surface area contributed by atoms with E-state index in [1.165, 1.54) is 0 Å². The van der Waals surface area contributed by atoms with Crippen molar-refractivity contribution in [3.8, 4) is 0 Å². The van der Waals surface area contributed by atoms with Gasteiger partial charge in [-0.05, 0) is 6.92 Å². The van der Waals surface area contributed by atoms with Gasteiger partial charge in [0.1, 0.15) is 30.9 Å². The first-order valence-corrected chi connectivity index (χ1v) is 7.05. The summed E-state index contributed by atoms with van der Waals surface area (Å²) in [7, 11) is 0. The number of aliphatic hydroxyl groups excluding tert-OH is 2. The smallest absolute Gasteiger partial charge is 0.253 e. The van der Waals surface area contributed by atoms with E-state index in [9.17, 15) is 19.4 Å². The lowest BCUT2D eigenvalue weighted by atomic mass is 10.1. The van der Waals surface area contributed by atoms with Gasteiger partial charge in [0.15, 0.2) is 0 Å². The summed E-state index contributed by atoms with van der Waals surface area (Å²) in [6, 6.07) is 0. The van der Waals surface area contributed by atoms with Crippen LogP contribution in [0, 0.1) is 0 Å². The third-order valence-electron chi connectivity index (χ3n) is 3.61. The normalized spacial score (nSPS) is 30.3. The molecule has 1 fully saturated rings. The molecule has 7 nitrogen and oxygen atoms in total. The molecule has 2 heterocycles. The summed E-state index contributed by atoms with van der Waals surface area (Å²) in [6.07, 6.45) is -0.703. The van der Waals surface area contributed by atoms with Crippen molar-refractivity contribution in [2.45, 2.75) is 37.9 Å². The minimum absolute atomic E-state index is 0.166. The summed E-state index contributed by atoms with van der Waals surface area (Å²) >= 11 is 0. The first kappa shape index (κ1) is 16.9. The highest BCUT2D eigenvalue weighted by molar-refractivity contribution is 5.94. The van der Waals surface area contributed by atoms with Gasteiger partial charge in [-0.15, -0.1) is 0 Å². The SMILES string of the molecule is C=C1NC(=O)C(C)=CN1[C@H]1CC(OCC(O)CF)[C@@H](CO)O1. The molecule has 0 aromatic rings. The lowest BCUT2D eigenvalue weighted by Gasteiger charge is -2.32. The van der Waals surface area contributed by atoms with E-state index in [1.807, 2.05) is 0 Å². The van der Waals surface area contributed by atoms with Gasteiger partial charge in [0, 0.05) is 18.2 Å². The van der Waals surface area contributed by atoms with E-state index in [4.69, 9.17) is 9.47 Å². The maximum absolute atomic E-state index is 12.3. The summed E-state index contributed by atoms with van der Waals surface area (Å²) < 4.78 is 23.4. The van der Waals surface area contributed by atoms with Crippen LogP contribution in [0.15, 0.2) is 24.2 Å². The second kappa shape index (κ2) is 7.19. The van der Waals surface area contributed by atoms with E-state index in [0.717, 1.165) is 0 Å². The molecule has 0 aromatic carbocycles. The predicted molar refractivity (Wildman–Crippen MR) is 75.0 cm³/mol. The van der Waals surface area contributed by atoms with Gasteiger partial charge in [-0.1, -0.05) is 6.58 Å². The summed E-state index contributed by atoms with van der Waals surface area (Å²) in [5.74, 6) is 0.151. The van der Waals surface area contributed by atoms with Gasteiger partial charge < -0.3 is 29.9 Å². The highest BCUT2D eigenvalue weighted by Crippen LogP contribution is 2.29. The zero-order valence-electron chi connectivity index (χ0n) is 12.4. The Morgan fingerprint density at radius 2 is 2.41 bits per heavy atom. The van der Waals surface area contributed by atoms with Crippen LogP contribution in [-0.4, -0.2) is 65.4 Å². The number of nitrogens with one attached hydrogen (secondary N) is 1. The third kappa shape index (κ3) is 3.64. The molecule has 2 aliphatic heterocycles. The van der Waals surface area contributed by atoms with Gasteiger partial charge in [0.25, 0.3) is 5.91 Å². The molecule has 124 valence electrons. The van der Waals surface area contributed by atoms with E-state index in [-0.39, 0.29) is 19.1 Å². The molecule has 0 saturated carbocycles. The van der Waals surface area contributed by atoms with Crippen LogP contribution in [-0.2, 0) is 14.3 Å². The van der Waals surface area contributed by atoms with Gasteiger partial charge in [-0.2, -0.15) is 0 Å². The molecule has 2 rings (SSSR count). The molecule has 1 amide bonds. The molecule has 0 aromatic heterocycles. The molecule has 1 saturated heterocycles. The Bertz CT molecular complexity index is 470. The van der Waals surface area contributed by atoms with Crippen LogP contribution in [0.2, 0.25) is 0 Å². The number of rotatable bonds is 6. The Kier molecular flexibility index (Phi) is 5.52. The van der Waals surface area contributed by atoms with E-state index in [2.05, 4.69) is 11.9 Å². The Balaban J connectivity index is 2.02. The molecule has 0 aliphatic carbocycles. The number of halogens is 1. The first-order chi connectivity index (χ1) is 10.5. The van der Waals surface area contributed by atoms with Crippen molar-refractivity contribution >= 4 is 5.91 Å². The molecule has 0 bridgehead atoms. The number of alkyl halides is 1. The number of hydrogen-bond donors (Lipinski definition) is 3. The number of hydrogen-bond acceptors (Lipinski definition) is 6. The number of carbonyl (C=O) groups excluding carboxylic acids is 1. The van der Waals surface area contributed by atoms with Crippen LogP contribution in [0.4, 0.5) is 4.39 Å². The minimum atomic E-state index is -1.19. The summed E-state index contributed by atoms with van der Waals surface area (Å²) in [5.41, 5.74) is 0.508. The van der Waals surface area contributed by atoms with Gasteiger partial charge in [0.2, 0.25) is 0 Å². The number of amides is 1. The first-order valence-electron chi connectivity index (χ1n) is 7.05. The Morgan fingerprint density at radius 3 is 3.05 bits per heavy atom. The average Bonchev–Trinajstić information content (AvgIpc) is 2.91. The van der Waals surface area contributed by atoms with Crippen LogP contribution in [0.1, 0.15) is 13.3 Å². The van der Waals surface area contributed by atoms with Crippen molar-refractivity contribution in [3.63, 3.8) is 0 Å². The summed E-state index contributed by atoms with van der Waals surface area (Å²) in [6.45, 7) is 4.11. The number of nitrogens with zero attached hydrogens (tertiary/aromatic N) is 1. The maximum atomic E-state index is 12.3. The van der Waals surface area contributed by atoms with Crippen LogP contribution < -0.4 is 5.32 Å². The van der Waals surface area contributed by atoms with Crippen LogP contribution in [0.5, 0.6) is 0 Å². The average molecular weight is 316 g/mol. The van der Waals surface area contributed by atoms with Gasteiger partial charge >= 0.3 is 0 Å². The molecule has 2 unspecified atom stereocenters. The zero-order chi connectivity index (χ0) is 16.3. The molecule has 0 spiro atoms. The lowest BCUT2D eigenvalue weighted by molar-refractivity contribution is -0.119. The Morgan fingerprint density at radius 1 is 1.68 bits per heavy atom. The van der Waals surface area contributed by atoms with Crippen molar-refractivity contribution in [2.24, 2.45) is 0 Å². The molecule has 8 heteroatoms. The largest absolute Gasteiger partial charge is 0.394 e. The third-order valence-corrected chi connectivity index (χ3v) is 3.61. The van der Waals surface area contributed by atoms with E-state index < -0.39 is 31.2 Å². The van der Waals surface area contributed by atoms with Crippen LogP contribution in [0.3, 0.4) is 0 Å². The molecular formula is C14H21FN2O5. The van der Waals surface area contributed by atoms with Gasteiger partial charge in [0.05, 0.1) is 19.3 Å². The van der Waals surface area contributed by atoms with E-state index >= 15 is 0 Å². The van der Waals surface area contributed by atoms with Crippen molar-refractivity contribution in [3.05, 3.63) is 24.2 Å².